The maximum absolute atomic E-state index is 10.2. The van der Waals surface area contributed by atoms with Gasteiger partial charge in [-0.15, -0.1) is 0 Å². The first-order chi connectivity index (χ1) is 5.24. The fourth-order valence-corrected chi connectivity index (χ4v) is 1.07. The molecule has 0 aliphatic rings. The highest BCUT2D eigenvalue weighted by molar-refractivity contribution is 8.21. The molecule has 0 aliphatic heterocycles. The zero-order valence-electron chi connectivity index (χ0n) is 5.23. The normalized spacial score (nSPS) is 9.55. The molecule has 0 amide bonds. The van der Waals surface area contributed by atoms with Crippen molar-refractivity contribution >= 4 is 27.3 Å². The minimum Gasteiger partial charge on any atom is -0.258 e. The van der Waals surface area contributed by atoms with Crippen molar-refractivity contribution in [1.82, 2.24) is 4.98 Å². The molecule has 1 rings (SSSR count). The van der Waals surface area contributed by atoms with Gasteiger partial charge in [-0.25, -0.2) is 0 Å². The molecule has 0 radical (unpaired) electrons. The molecule has 1 heterocycles. The summed E-state index contributed by atoms with van der Waals surface area (Å²) in [5, 5.41) is 10.2. The Kier molecular flexibility index (Phi) is 2.67. The Hall–Kier alpha value is -0.810. The molecular formula is C5H3ClN2O2S. The molecule has 4 nitrogen and oxygen atoms in total. The van der Waals surface area contributed by atoms with Crippen molar-refractivity contribution in [2.24, 2.45) is 0 Å². The van der Waals surface area contributed by atoms with E-state index in [0.717, 1.165) is 11.0 Å². The van der Waals surface area contributed by atoms with Crippen LogP contribution in [0.2, 0.25) is 0 Å². The van der Waals surface area contributed by atoms with Gasteiger partial charge in [0.1, 0.15) is 6.20 Å². The first-order valence-electron chi connectivity index (χ1n) is 2.62. The van der Waals surface area contributed by atoms with E-state index in [0.29, 0.717) is 4.90 Å². The van der Waals surface area contributed by atoms with Gasteiger partial charge in [0.2, 0.25) is 0 Å². The van der Waals surface area contributed by atoms with Gasteiger partial charge in [0.05, 0.1) is 4.92 Å². The lowest BCUT2D eigenvalue weighted by atomic mass is 10.4. The number of hydrogen-bond acceptors (Lipinski definition) is 4. The highest BCUT2D eigenvalue weighted by atomic mass is 35.7. The number of hydrogen-bond donors (Lipinski definition) is 0. The molecule has 11 heavy (non-hydrogen) atoms. The number of nitro groups is 1. The number of pyridine rings is 1. The van der Waals surface area contributed by atoms with Crippen molar-refractivity contribution in [2.75, 3.05) is 0 Å². The first kappa shape index (κ1) is 8.29. The van der Waals surface area contributed by atoms with Crippen molar-refractivity contribution in [3.05, 3.63) is 28.6 Å². The van der Waals surface area contributed by atoms with Crippen LogP contribution in [-0.4, -0.2) is 9.91 Å². The average Bonchev–Trinajstić information content (AvgIpc) is 2.05. The standard InChI is InChI=1S/C5H3ClN2O2S/c6-11-5-1-4(8(9)10)2-7-3-5/h1-3H. The molecule has 0 aliphatic carbocycles. The van der Waals surface area contributed by atoms with Gasteiger partial charge in [-0.1, -0.05) is 0 Å². The van der Waals surface area contributed by atoms with E-state index in [1.54, 1.807) is 0 Å². The van der Waals surface area contributed by atoms with Gasteiger partial charge in [0.15, 0.2) is 0 Å². The number of rotatable bonds is 2. The van der Waals surface area contributed by atoms with Crippen molar-refractivity contribution in [2.45, 2.75) is 4.90 Å². The number of halogens is 1. The zero-order valence-corrected chi connectivity index (χ0v) is 6.80. The number of aromatic nitrogens is 1. The maximum Gasteiger partial charge on any atom is 0.288 e. The van der Waals surface area contributed by atoms with Crippen molar-refractivity contribution in [3.8, 4) is 0 Å². The summed E-state index contributed by atoms with van der Waals surface area (Å²) in [6, 6.07) is 1.37. The monoisotopic (exact) mass is 190 g/mol. The molecule has 0 spiro atoms. The average molecular weight is 191 g/mol. The van der Waals surface area contributed by atoms with E-state index in [1.807, 2.05) is 0 Å². The zero-order chi connectivity index (χ0) is 8.27. The third-order valence-electron chi connectivity index (χ3n) is 0.999. The molecule has 0 fully saturated rings. The molecule has 0 unspecified atom stereocenters. The van der Waals surface area contributed by atoms with Crippen LogP contribution in [0.25, 0.3) is 0 Å². The highest BCUT2D eigenvalue weighted by Gasteiger charge is 2.05. The SMILES string of the molecule is O=[N+]([O-])c1cncc(SCl)c1. The Labute approximate surface area is 71.2 Å². The third-order valence-corrected chi connectivity index (χ3v) is 1.93. The van der Waals surface area contributed by atoms with Crippen LogP contribution in [0.4, 0.5) is 5.69 Å². The molecule has 0 aromatic carbocycles. The van der Waals surface area contributed by atoms with E-state index in [2.05, 4.69) is 4.98 Å². The Balaban J connectivity index is 3.01. The lowest BCUT2D eigenvalue weighted by Crippen LogP contribution is -1.88. The van der Waals surface area contributed by atoms with E-state index in [9.17, 15) is 10.1 Å². The predicted octanol–water partition coefficient (Wildman–Crippen LogP) is 2.24. The van der Waals surface area contributed by atoms with Crippen LogP contribution < -0.4 is 0 Å². The third kappa shape index (κ3) is 2.06. The summed E-state index contributed by atoms with van der Waals surface area (Å²) in [5.41, 5.74) is -0.0457. The topological polar surface area (TPSA) is 56.0 Å². The van der Waals surface area contributed by atoms with Gasteiger partial charge in [-0.3, -0.25) is 15.1 Å². The van der Waals surface area contributed by atoms with Crippen molar-refractivity contribution in [1.29, 1.82) is 0 Å². The molecule has 6 heteroatoms. The van der Waals surface area contributed by atoms with E-state index in [-0.39, 0.29) is 5.69 Å². The molecule has 1 aromatic rings. The molecule has 58 valence electrons. The minimum atomic E-state index is -0.510. The van der Waals surface area contributed by atoms with Crippen LogP contribution in [0.5, 0.6) is 0 Å². The quantitative estimate of drug-likeness (QED) is 0.530. The van der Waals surface area contributed by atoms with Crippen LogP contribution in [-0.2, 0) is 0 Å². The summed E-state index contributed by atoms with van der Waals surface area (Å²) >= 11 is 0. The van der Waals surface area contributed by atoms with Crippen molar-refractivity contribution in [3.63, 3.8) is 0 Å². The van der Waals surface area contributed by atoms with Crippen LogP contribution in [0.3, 0.4) is 0 Å². The van der Waals surface area contributed by atoms with Gasteiger partial charge in [-0.2, -0.15) is 0 Å². The Bertz CT molecular complexity index is 281. The molecule has 0 saturated carbocycles. The Morgan fingerprint density at radius 2 is 2.36 bits per heavy atom. The van der Waals surface area contributed by atoms with Crippen LogP contribution in [0.15, 0.2) is 23.4 Å². The second kappa shape index (κ2) is 3.54. The molecule has 0 bridgehead atoms. The molecule has 0 atom stereocenters. The molecular weight excluding hydrogens is 188 g/mol. The summed E-state index contributed by atoms with van der Waals surface area (Å²) < 4.78 is 0. The summed E-state index contributed by atoms with van der Waals surface area (Å²) in [7, 11) is 6.26. The van der Waals surface area contributed by atoms with Crippen LogP contribution in [0.1, 0.15) is 0 Å². The highest BCUT2D eigenvalue weighted by Crippen LogP contribution is 2.23. The van der Waals surface area contributed by atoms with Gasteiger partial charge in [-0.05, 0) is 21.7 Å². The Morgan fingerprint density at radius 1 is 1.64 bits per heavy atom. The summed E-state index contributed by atoms with van der Waals surface area (Å²) in [6.07, 6.45) is 2.64. The minimum absolute atomic E-state index is 0.0457. The van der Waals surface area contributed by atoms with Gasteiger partial charge in [0.25, 0.3) is 5.69 Å². The fraction of sp³-hybridized carbons (Fsp3) is 0. The summed E-state index contributed by atoms with van der Waals surface area (Å²) in [6.45, 7) is 0. The lowest BCUT2D eigenvalue weighted by Gasteiger charge is -1.91. The van der Waals surface area contributed by atoms with E-state index < -0.39 is 4.92 Å². The van der Waals surface area contributed by atoms with Gasteiger partial charge < -0.3 is 0 Å². The van der Waals surface area contributed by atoms with E-state index >= 15 is 0 Å². The lowest BCUT2D eigenvalue weighted by molar-refractivity contribution is -0.385. The van der Waals surface area contributed by atoms with E-state index in [4.69, 9.17) is 10.7 Å². The summed E-state index contributed by atoms with van der Waals surface area (Å²) in [5.74, 6) is 0. The molecule has 0 saturated heterocycles. The van der Waals surface area contributed by atoms with E-state index in [1.165, 1.54) is 18.5 Å². The van der Waals surface area contributed by atoms with Gasteiger partial charge >= 0.3 is 0 Å². The molecule has 1 aromatic heterocycles. The number of nitrogens with zero attached hydrogens (tertiary/aromatic N) is 2. The molecule has 0 N–H and O–H groups in total. The first-order valence-corrected chi connectivity index (χ1v) is 4.26. The van der Waals surface area contributed by atoms with Crippen molar-refractivity contribution < 1.29 is 4.92 Å². The van der Waals surface area contributed by atoms with Crippen LogP contribution >= 0.6 is 21.7 Å². The second-order valence-corrected chi connectivity index (χ2v) is 2.80. The van der Waals surface area contributed by atoms with Crippen LogP contribution in [0, 0.1) is 10.1 Å². The fourth-order valence-electron chi connectivity index (χ4n) is 0.549. The smallest absolute Gasteiger partial charge is 0.258 e. The Morgan fingerprint density at radius 3 is 2.91 bits per heavy atom. The maximum atomic E-state index is 10.2. The largest absolute Gasteiger partial charge is 0.288 e. The predicted molar refractivity (Wildman–Crippen MR) is 42.6 cm³/mol. The summed E-state index contributed by atoms with van der Waals surface area (Å²) in [4.78, 5) is 13.9. The van der Waals surface area contributed by atoms with Gasteiger partial charge in [0, 0.05) is 17.2 Å². The second-order valence-electron chi connectivity index (χ2n) is 1.71.